The van der Waals surface area contributed by atoms with Crippen LogP contribution in [-0.2, 0) is 12.7 Å². The number of halogens is 3. The van der Waals surface area contributed by atoms with E-state index in [-0.39, 0.29) is 18.1 Å². The van der Waals surface area contributed by atoms with Crippen molar-refractivity contribution in [2.24, 2.45) is 0 Å². The number of urea groups is 1. The van der Waals surface area contributed by atoms with Crippen LogP contribution in [0.25, 0.3) is 11.1 Å². The van der Waals surface area contributed by atoms with Crippen LogP contribution in [0.15, 0.2) is 57.8 Å². The van der Waals surface area contributed by atoms with E-state index < -0.39 is 17.8 Å². The van der Waals surface area contributed by atoms with Crippen molar-refractivity contribution in [3.8, 4) is 11.1 Å². The second-order valence-electron chi connectivity index (χ2n) is 7.16. The number of anilines is 2. The summed E-state index contributed by atoms with van der Waals surface area (Å²) in [4.78, 5) is 16.5. The molecule has 2 amide bonds. The molecule has 0 aliphatic carbocycles. The van der Waals surface area contributed by atoms with Crippen LogP contribution in [0.4, 0.5) is 29.5 Å². The van der Waals surface area contributed by atoms with Crippen molar-refractivity contribution in [1.29, 1.82) is 0 Å². The molecule has 33 heavy (non-hydrogen) atoms. The maximum atomic E-state index is 12.8. The van der Waals surface area contributed by atoms with Crippen molar-refractivity contribution in [2.75, 3.05) is 10.6 Å². The number of nitrogens with zero attached hydrogens (tertiary/aromatic N) is 4. The van der Waals surface area contributed by atoms with Gasteiger partial charge < -0.3 is 9.84 Å². The zero-order chi connectivity index (χ0) is 23.6. The maximum absolute atomic E-state index is 12.8. The number of carbonyl (C=O) groups is 1. The third kappa shape index (κ3) is 5.17. The maximum Gasteiger partial charge on any atom is 0.416 e. The summed E-state index contributed by atoms with van der Waals surface area (Å²) >= 11 is 0. The molecule has 0 atom stereocenters. The summed E-state index contributed by atoms with van der Waals surface area (Å²) in [5.41, 5.74) is 2.33. The molecule has 0 radical (unpaired) electrons. The van der Waals surface area contributed by atoms with Crippen molar-refractivity contribution < 1.29 is 31.7 Å². The van der Waals surface area contributed by atoms with Gasteiger partial charge in [0.15, 0.2) is 0 Å². The standard InChI is InChI=1S/C21H17F3N6O3/c1-12-19(13(2)32-28-12)14-6-7-17(25-9-14)10-30-11-18(33-29-30)27-20(31)26-16-5-3-4-15(8-16)21(22,23)24/h3-9,11H,10H2,1-2H3,(H-,26,27,29,31)/p+1. The smallest absolute Gasteiger partial charge is 0.361 e. The number of nitrogens with one attached hydrogen (secondary N) is 2. The Morgan fingerprint density at radius 1 is 1.12 bits per heavy atom. The third-order valence-electron chi connectivity index (χ3n) is 4.67. The van der Waals surface area contributed by atoms with Gasteiger partial charge in [0, 0.05) is 23.0 Å². The Bertz CT molecular complexity index is 1260. The van der Waals surface area contributed by atoms with Gasteiger partial charge in [0.1, 0.15) is 11.5 Å². The van der Waals surface area contributed by atoms with E-state index in [4.69, 9.17) is 9.05 Å². The predicted molar refractivity (Wildman–Crippen MR) is 109 cm³/mol. The predicted octanol–water partition coefficient (Wildman–Crippen LogP) is 4.34. The molecular weight excluding hydrogens is 441 g/mol. The highest BCUT2D eigenvalue weighted by Crippen LogP contribution is 2.30. The van der Waals surface area contributed by atoms with Gasteiger partial charge in [0.2, 0.25) is 11.8 Å². The van der Waals surface area contributed by atoms with Crippen LogP contribution in [0, 0.1) is 13.8 Å². The van der Waals surface area contributed by atoms with E-state index in [0.29, 0.717) is 11.5 Å². The number of aromatic nitrogens is 4. The molecule has 4 aromatic rings. The number of amides is 2. The number of alkyl halides is 3. The molecule has 12 heteroatoms. The van der Waals surface area contributed by atoms with E-state index in [1.165, 1.54) is 23.0 Å². The lowest BCUT2D eigenvalue weighted by Gasteiger charge is -2.09. The van der Waals surface area contributed by atoms with Crippen molar-refractivity contribution in [1.82, 2.24) is 15.4 Å². The Labute approximate surface area is 185 Å². The Hall–Kier alpha value is -4.22. The first kappa shape index (κ1) is 22.0. The van der Waals surface area contributed by atoms with Crippen LogP contribution in [0.2, 0.25) is 0 Å². The topological polar surface area (TPSA) is 110 Å². The molecule has 0 fully saturated rings. The summed E-state index contributed by atoms with van der Waals surface area (Å²) in [6.07, 6.45) is -1.39. The zero-order valence-corrected chi connectivity index (χ0v) is 17.5. The Morgan fingerprint density at radius 3 is 2.61 bits per heavy atom. The molecule has 9 nitrogen and oxygen atoms in total. The number of hydrogen-bond donors (Lipinski definition) is 2. The summed E-state index contributed by atoms with van der Waals surface area (Å²) in [5.74, 6) is 0.707. The number of rotatable bonds is 5. The average Bonchev–Trinajstić information content (AvgIpc) is 3.33. The third-order valence-corrected chi connectivity index (χ3v) is 4.67. The normalized spacial score (nSPS) is 11.4. The van der Waals surface area contributed by atoms with Gasteiger partial charge in [0.25, 0.3) is 6.20 Å². The number of carbonyl (C=O) groups excluding carboxylic acids is 1. The molecule has 3 aromatic heterocycles. The highest BCUT2D eigenvalue weighted by atomic mass is 19.4. The SMILES string of the molecule is Cc1noc(C)c1-c1ccc(C[n+]2cc(NC(=O)Nc3cccc(C(F)(F)F)c3)on2)nc1. The molecule has 170 valence electrons. The summed E-state index contributed by atoms with van der Waals surface area (Å²) in [7, 11) is 0. The molecule has 0 aliphatic heterocycles. The molecule has 4 rings (SSSR count). The van der Waals surface area contributed by atoms with E-state index in [1.54, 1.807) is 6.20 Å². The van der Waals surface area contributed by atoms with Gasteiger partial charge in [-0.15, -0.1) is 0 Å². The van der Waals surface area contributed by atoms with Crippen molar-refractivity contribution in [3.05, 3.63) is 71.5 Å². The van der Waals surface area contributed by atoms with E-state index in [9.17, 15) is 18.0 Å². The lowest BCUT2D eigenvalue weighted by atomic mass is 10.1. The van der Waals surface area contributed by atoms with Crippen LogP contribution in [0.5, 0.6) is 0 Å². The Kier molecular flexibility index (Phi) is 5.82. The van der Waals surface area contributed by atoms with Crippen LogP contribution in [0.3, 0.4) is 0 Å². The lowest BCUT2D eigenvalue weighted by molar-refractivity contribution is -0.755. The zero-order valence-electron chi connectivity index (χ0n) is 17.5. The van der Waals surface area contributed by atoms with E-state index in [0.717, 1.165) is 29.0 Å². The van der Waals surface area contributed by atoms with Gasteiger partial charge in [-0.1, -0.05) is 17.3 Å². The molecular formula is C21H18F3N6O3+. The highest BCUT2D eigenvalue weighted by molar-refractivity contribution is 5.98. The fourth-order valence-electron chi connectivity index (χ4n) is 3.18. The number of benzene rings is 1. The second-order valence-corrected chi connectivity index (χ2v) is 7.16. The van der Waals surface area contributed by atoms with Gasteiger partial charge in [-0.3, -0.25) is 14.8 Å². The molecule has 0 bridgehead atoms. The first-order valence-electron chi connectivity index (χ1n) is 9.69. The van der Waals surface area contributed by atoms with Gasteiger partial charge in [-0.05, 0) is 42.8 Å². The second kappa shape index (κ2) is 8.73. The summed E-state index contributed by atoms with van der Waals surface area (Å²) in [6.45, 7) is 3.94. The van der Waals surface area contributed by atoms with E-state index in [2.05, 4.69) is 26.0 Å². The first-order chi connectivity index (χ1) is 15.7. The molecule has 3 heterocycles. The van der Waals surface area contributed by atoms with Crippen molar-refractivity contribution in [3.63, 3.8) is 0 Å². The minimum atomic E-state index is -4.51. The fourth-order valence-corrected chi connectivity index (χ4v) is 3.18. The van der Waals surface area contributed by atoms with Crippen LogP contribution in [0.1, 0.15) is 22.7 Å². The van der Waals surface area contributed by atoms with Crippen molar-refractivity contribution in [2.45, 2.75) is 26.6 Å². The van der Waals surface area contributed by atoms with Gasteiger partial charge in [-0.25, -0.2) is 4.79 Å². The minimum absolute atomic E-state index is 0.00631. The molecule has 2 N–H and O–H groups in total. The van der Waals surface area contributed by atoms with E-state index >= 15 is 0 Å². The monoisotopic (exact) mass is 459 g/mol. The number of aryl methyl sites for hydroxylation is 2. The molecule has 0 unspecified atom stereocenters. The quantitative estimate of drug-likeness (QED) is 0.430. The van der Waals surface area contributed by atoms with Crippen LogP contribution >= 0.6 is 0 Å². The first-order valence-corrected chi connectivity index (χ1v) is 9.69. The van der Waals surface area contributed by atoms with Gasteiger partial charge in [0.05, 0.1) is 11.3 Å². The molecule has 0 spiro atoms. The molecule has 1 aromatic carbocycles. The molecule has 0 saturated carbocycles. The minimum Gasteiger partial charge on any atom is -0.361 e. The highest BCUT2D eigenvalue weighted by Gasteiger charge is 2.30. The Morgan fingerprint density at radius 2 is 1.94 bits per heavy atom. The van der Waals surface area contributed by atoms with Gasteiger partial charge >= 0.3 is 18.1 Å². The molecule has 0 saturated heterocycles. The van der Waals surface area contributed by atoms with E-state index in [1.807, 2.05) is 26.0 Å². The fraction of sp³-hybridized carbons (Fsp3) is 0.190. The average molecular weight is 459 g/mol. The molecule has 0 aliphatic rings. The number of hydrogen-bond acceptors (Lipinski definition) is 6. The summed E-state index contributed by atoms with van der Waals surface area (Å²) in [6, 6.07) is 7.21. The lowest BCUT2D eigenvalue weighted by Crippen LogP contribution is -2.35. The summed E-state index contributed by atoms with van der Waals surface area (Å²) < 4.78 is 50.0. The Balaban J connectivity index is 1.37. The van der Waals surface area contributed by atoms with Crippen molar-refractivity contribution >= 4 is 17.6 Å². The van der Waals surface area contributed by atoms with Crippen LogP contribution in [-0.4, -0.2) is 21.4 Å². The van der Waals surface area contributed by atoms with Crippen LogP contribution < -0.4 is 15.3 Å². The summed E-state index contributed by atoms with van der Waals surface area (Å²) in [5, 5.41) is 12.4. The van der Waals surface area contributed by atoms with Gasteiger partial charge in [-0.2, -0.15) is 13.2 Å². The number of pyridine rings is 1. The largest absolute Gasteiger partial charge is 0.416 e.